The fraction of sp³-hybridized carbons (Fsp3) is 0. The highest BCUT2D eigenvalue weighted by Crippen LogP contribution is 2.18. The van der Waals surface area contributed by atoms with Crippen LogP contribution in [0, 0.1) is 0 Å². The van der Waals surface area contributed by atoms with Gasteiger partial charge in [0.15, 0.2) is 0 Å². The third kappa shape index (κ3) is 1.95. The van der Waals surface area contributed by atoms with Crippen molar-refractivity contribution in [2.24, 2.45) is 0 Å². The molecule has 0 radical (unpaired) electrons. The molecule has 0 atom stereocenters. The van der Waals surface area contributed by atoms with Crippen molar-refractivity contribution in [3.8, 4) is 0 Å². The van der Waals surface area contributed by atoms with E-state index in [0.717, 1.165) is 15.4 Å². The van der Waals surface area contributed by atoms with E-state index < -0.39 is 0 Å². The number of anilines is 1. The van der Waals surface area contributed by atoms with Crippen LogP contribution in [0.1, 0.15) is 0 Å². The van der Waals surface area contributed by atoms with Crippen molar-refractivity contribution in [3.05, 3.63) is 29.1 Å². The van der Waals surface area contributed by atoms with Gasteiger partial charge in [0, 0.05) is 23.2 Å². The molecular formula is C8H6BrClN4. The van der Waals surface area contributed by atoms with Gasteiger partial charge in [-0.1, -0.05) is 0 Å². The quantitative estimate of drug-likeness (QED) is 0.501. The van der Waals surface area contributed by atoms with E-state index in [1.807, 2.05) is 12.1 Å². The lowest BCUT2D eigenvalue weighted by atomic mass is 10.2. The van der Waals surface area contributed by atoms with Crippen molar-refractivity contribution in [3.63, 3.8) is 0 Å². The van der Waals surface area contributed by atoms with E-state index in [2.05, 4.69) is 36.3 Å². The largest absolute Gasteiger partial charge is 0.292 e. The van der Waals surface area contributed by atoms with Gasteiger partial charge in [0.25, 0.3) is 0 Å². The van der Waals surface area contributed by atoms with E-state index in [1.165, 1.54) is 0 Å². The molecule has 0 spiro atoms. The summed E-state index contributed by atoms with van der Waals surface area (Å²) in [6.07, 6.45) is 3.51. The Hall–Kier alpha value is -0.910. The number of hydrogen-bond donors (Lipinski definition) is 2. The van der Waals surface area contributed by atoms with Gasteiger partial charge in [-0.2, -0.15) is 0 Å². The highest BCUT2D eigenvalue weighted by molar-refractivity contribution is 9.10. The highest BCUT2D eigenvalue weighted by atomic mass is 79.9. The van der Waals surface area contributed by atoms with Gasteiger partial charge in [-0.3, -0.25) is 5.43 Å². The Morgan fingerprint density at radius 3 is 2.64 bits per heavy atom. The first-order valence-corrected chi connectivity index (χ1v) is 4.99. The topological polar surface area (TPSA) is 49.8 Å². The molecule has 2 aromatic rings. The average Bonchev–Trinajstić information content (AvgIpc) is 2.19. The van der Waals surface area contributed by atoms with E-state index in [1.54, 1.807) is 12.4 Å². The van der Waals surface area contributed by atoms with Gasteiger partial charge in [0.05, 0.1) is 0 Å². The number of hydrogen-bond acceptors (Lipinski definition) is 4. The predicted molar refractivity (Wildman–Crippen MR) is 59.8 cm³/mol. The maximum absolute atomic E-state index is 5.29. The summed E-state index contributed by atoms with van der Waals surface area (Å²) in [7, 11) is 0. The molecule has 0 unspecified atom stereocenters. The minimum Gasteiger partial charge on any atom is -0.292 e. The smallest absolute Gasteiger partial charge is 0.141 e. The van der Waals surface area contributed by atoms with Gasteiger partial charge < -0.3 is 0 Å². The molecule has 4 nitrogen and oxygen atoms in total. The molecule has 0 saturated carbocycles. The molecule has 2 aromatic heterocycles. The standard InChI is InChI=1S/C8H6BrClN4/c9-7-1-5-4-12-8(13-14-10)2-6(5)3-11-7/h1-4,14H,(H,12,13). The number of nitrogens with zero attached hydrogens (tertiary/aromatic N) is 2. The molecular weight excluding hydrogens is 267 g/mol. The third-order valence-electron chi connectivity index (χ3n) is 1.75. The van der Waals surface area contributed by atoms with E-state index >= 15 is 0 Å². The van der Waals surface area contributed by atoms with Crippen molar-refractivity contribution in [1.29, 1.82) is 0 Å². The SMILES string of the molecule is ClNNc1cc2cnc(Br)cc2cn1. The Balaban J connectivity index is 2.50. The second-order valence-corrected chi connectivity index (χ2v) is 3.64. The normalized spacial score (nSPS) is 10.4. The van der Waals surface area contributed by atoms with Crippen LogP contribution in [0.25, 0.3) is 10.8 Å². The Kier molecular flexibility index (Phi) is 2.81. The number of pyridine rings is 2. The van der Waals surface area contributed by atoms with Crippen LogP contribution >= 0.6 is 27.7 Å². The van der Waals surface area contributed by atoms with Crippen molar-refractivity contribution < 1.29 is 0 Å². The van der Waals surface area contributed by atoms with Crippen molar-refractivity contribution in [2.75, 3.05) is 5.43 Å². The number of nitrogens with one attached hydrogen (secondary N) is 2. The molecule has 0 saturated heterocycles. The van der Waals surface area contributed by atoms with Crippen LogP contribution in [0.5, 0.6) is 0 Å². The minimum absolute atomic E-state index is 0.650. The lowest BCUT2D eigenvalue weighted by molar-refractivity contribution is 1.15. The molecule has 0 bridgehead atoms. The average molecular weight is 274 g/mol. The first-order chi connectivity index (χ1) is 6.79. The van der Waals surface area contributed by atoms with Gasteiger partial charge in [-0.25, -0.2) is 9.97 Å². The van der Waals surface area contributed by atoms with Crippen molar-refractivity contribution >= 4 is 44.3 Å². The molecule has 0 aromatic carbocycles. The monoisotopic (exact) mass is 272 g/mol. The summed E-state index contributed by atoms with van der Waals surface area (Å²) in [6.45, 7) is 0. The third-order valence-corrected chi connectivity index (χ3v) is 2.27. The second kappa shape index (κ2) is 4.08. The van der Waals surface area contributed by atoms with Crippen LogP contribution in [0.4, 0.5) is 5.82 Å². The predicted octanol–water partition coefficient (Wildman–Crippen LogP) is 2.46. The fourth-order valence-electron chi connectivity index (χ4n) is 1.13. The van der Waals surface area contributed by atoms with E-state index in [-0.39, 0.29) is 0 Å². The van der Waals surface area contributed by atoms with Gasteiger partial charge in [0.2, 0.25) is 0 Å². The first-order valence-electron chi connectivity index (χ1n) is 3.82. The Labute approximate surface area is 93.9 Å². The molecule has 72 valence electrons. The van der Waals surface area contributed by atoms with Gasteiger partial charge in [0.1, 0.15) is 10.4 Å². The molecule has 0 fully saturated rings. The zero-order chi connectivity index (χ0) is 9.97. The molecule has 6 heteroatoms. The summed E-state index contributed by atoms with van der Waals surface area (Å²) >= 11 is 8.58. The molecule has 0 aliphatic carbocycles. The maximum atomic E-state index is 5.29. The van der Waals surface area contributed by atoms with Crippen molar-refractivity contribution in [2.45, 2.75) is 0 Å². The lowest BCUT2D eigenvalue weighted by Crippen LogP contribution is -2.09. The van der Waals surface area contributed by atoms with Crippen LogP contribution in [0.2, 0.25) is 0 Å². The molecule has 2 rings (SSSR count). The van der Waals surface area contributed by atoms with Gasteiger partial charge in [-0.15, -0.1) is 4.94 Å². The number of fused-ring (bicyclic) bond motifs is 1. The Morgan fingerprint density at radius 2 is 1.86 bits per heavy atom. The first kappa shape index (κ1) is 9.64. The van der Waals surface area contributed by atoms with Crippen LogP contribution < -0.4 is 10.4 Å². The number of hydrazine groups is 1. The van der Waals surface area contributed by atoms with Crippen LogP contribution in [-0.4, -0.2) is 9.97 Å². The molecule has 0 aliphatic rings. The van der Waals surface area contributed by atoms with E-state index in [0.29, 0.717) is 5.82 Å². The summed E-state index contributed by atoms with van der Waals surface area (Å²) in [5, 5.41) is 2.02. The highest BCUT2D eigenvalue weighted by Gasteiger charge is 1.98. The zero-order valence-electron chi connectivity index (χ0n) is 6.96. The zero-order valence-corrected chi connectivity index (χ0v) is 9.30. The van der Waals surface area contributed by atoms with Crippen molar-refractivity contribution in [1.82, 2.24) is 14.9 Å². The molecule has 2 heterocycles. The summed E-state index contributed by atoms with van der Waals surface area (Å²) in [6, 6.07) is 3.75. The van der Waals surface area contributed by atoms with E-state index in [9.17, 15) is 0 Å². The molecule has 0 amide bonds. The van der Waals surface area contributed by atoms with Gasteiger partial charge >= 0.3 is 0 Å². The number of halogens is 2. The fourth-order valence-corrected chi connectivity index (χ4v) is 1.57. The van der Waals surface area contributed by atoms with Gasteiger partial charge in [-0.05, 0) is 39.8 Å². The number of aromatic nitrogens is 2. The Bertz CT molecular complexity index is 462. The Morgan fingerprint density at radius 1 is 1.14 bits per heavy atom. The number of rotatable bonds is 2. The summed E-state index contributed by atoms with van der Waals surface area (Å²) in [5.74, 6) is 0.650. The molecule has 2 N–H and O–H groups in total. The maximum Gasteiger partial charge on any atom is 0.141 e. The minimum atomic E-state index is 0.650. The van der Waals surface area contributed by atoms with Crippen LogP contribution in [0.15, 0.2) is 29.1 Å². The second-order valence-electron chi connectivity index (χ2n) is 2.64. The molecule has 14 heavy (non-hydrogen) atoms. The summed E-state index contributed by atoms with van der Waals surface area (Å²) in [4.78, 5) is 10.5. The van der Waals surface area contributed by atoms with Crippen LogP contribution in [0.3, 0.4) is 0 Å². The lowest BCUT2D eigenvalue weighted by Gasteiger charge is -2.02. The molecule has 0 aliphatic heterocycles. The summed E-state index contributed by atoms with van der Waals surface area (Å²) in [5.41, 5.74) is 2.68. The van der Waals surface area contributed by atoms with E-state index in [4.69, 9.17) is 11.8 Å². The summed E-state index contributed by atoms with van der Waals surface area (Å²) < 4.78 is 0.794. The van der Waals surface area contributed by atoms with Crippen LogP contribution in [-0.2, 0) is 0 Å².